The van der Waals surface area contributed by atoms with Gasteiger partial charge in [0.25, 0.3) is 0 Å². The second-order valence-corrected chi connectivity index (χ2v) is 13.9. The maximum atomic E-state index is 13.5. The summed E-state index contributed by atoms with van der Waals surface area (Å²) in [6.45, 7) is 5.21. The van der Waals surface area contributed by atoms with Gasteiger partial charge in [-0.2, -0.15) is 0 Å². The molecule has 304 valence electrons. The van der Waals surface area contributed by atoms with Gasteiger partial charge in [-0.3, -0.25) is 29.5 Å². The first-order chi connectivity index (χ1) is 24.9. The number of aliphatic hydroxyl groups is 3. The molecule has 52 heavy (non-hydrogen) atoms. The topological polar surface area (TPSA) is 254 Å². The maximum absolute atomic E-state index is 13.5. The first kappa shape index (κ1) is 49.0. The van der Waals surface area contributed by atoms with Crippen LogP contribution in [0, 0.1) is 0 Å². The summed E-state index contributed by atoms with van der Waals surface area (Å²) in [5.41, 5.74) is 10.8. The van der Waals surface area contributed by atoms with E-state index in [2.05, 4.69) is 38.5 Å². The molecule has 0 aliphatic heterocycles. The number of carbonyl (C=O) groups is 4. The molecule has 0 aromatic carbocycles. The summed E-state index contributed by atoms with van der Waals surface area (Å²) < 4.78 is 0. The zero-order valence-electron chi connectivity index (χ0n) is 32.6. The number of nitrogens with one attached hydrogen (secondary N) is 5. The molecule has 0 radical (unpaired) electrons. The van der Waals surface area contributed by atoms with Gasteiger partial charge in [0, 0.05) is 20.0 Å². The van der Waals surface area contributed by atoms with Crippen LogP contribution >= 0.6 is 0 Å². The average Bonchev–Trinajstić information content (AvgIpc) is 3.11. The second-order valence-electron chi connectivity index (χ2n) is 13.9. The van der Waals surface area contributed by atoms with Crippen LogP contribution in [0.2, 0.25) is 0 Å². The van der Waals surface area contributed by atoms with E-state index in [1.54, 1.807) is 0 Å². The lowest BCUT2D eigenvalue weighted by atomic mass is 10.0. The van der Waals surface area contributed by atoms with E-state index in [0.717, 1.165) is 25.7 Å². The standard InChI is InChI=1S/C37H74N8O7/c1-5-7-9-10-11-12-13-14-15-16-17-18-19-24-31(48)42-30(26-46)35(51)43-29(23-20-21-25-41-37(38)39)34(50)45-32(27(3)47)36(52)44-28(22-8-6-2)33(49)40-4/h27-30,32,36,44,46-47,52H,5-26H2,1-4H3,(H,40,49)(H,42,48)(H,43,51)(H,45,50)(H4,38,39,41)/t27?,28?,29-,30-,32-,36?/m0/s1. The molecule has 0 heterocycles. The molecule has 0 aliphatic carbocycles. The Hall–Kier alpha value is -3.01. The Kier molecular flexibility index (Phi) is 29.7. The van der Waals surface area contributed by atoms with Gasteiger partial charge in [0.15, 0.2) is 5.96 Å². The molecule has 0 aromatic rings. The highest BCUT2D eigenvalue weighted by Crippen LogP contribution is 2.13. The number of guanidine groups is 1. The first-order valence-corrected chi connectivity index (χ1v) is 19.8. The van der Waals surface area contributed by atoms with Crippen molar-refractivity contribution in [3.8, 4) is 0 Å². The number of aliphatic imine (C=N–C) groups is 1. The normalized spacial score (nSPS) is 14.7. The molecule has 0 rings (SSSR count). The van der Waals surface area contributed by atoms with Gasteiger partial charge in [0.2, 0.25) is 23.6 Å². The third-order valence-corrected chi connectivity index (χ3v) is 9.12. The Bertz CT molecular complexity index is 997. The molecule has 0 aliphatic rings. The van der Waals surface area contributed by atoms with E-state index < -0.39 is 54.9 Å². The van der Waals surface area contributed by atoms with E-state index in [1.165, 1.54) is 71.8 Å². The summed E-state index contributed by atoms with van der Waals surface area (Å²) in [5.74, 6) is -2.25. The number of nitrogens with two attached hydrogens (primary N) is 2. The van der Waals surface area contributed by atoms with Gasteiger partial charge in [-0.25, -0.2) is 0 Å². The molecule has 15 heteroatoms. The molecule has 15 nitrogen and oxygen atoms in total. The van der Waals surface area contributed by atoms with Crippen LogP contribution < -0.4 is 38.1 Å². The van der Waals surface area contributed by atoms with Crippen molar-refractivity contribution >= 4 is 29.6 Å². The predicted octanol–water partition coefficient (Wildman–Crippen LogP) is 1.95. The fraction of sp³-hybridized carbons (Fsp3) is 0.865. The van der Waals surface area contributed by atoms with Crippen LogP contribution in [0.4, 0.5) is 0 Å². The molecule has 0 saturated carbocycles. The fourth-order valence-electron chi connectivity index (χ4n) is 5.88. The van der Waals surface area contributed by atoms with Crippen molar-refractivity contribution in [3.63, 3.8) is 0 Å². The minimum atomic E-state index is -1.50. The van der Waals surface area contributed by atoms with Gasteiger partial charge in [0.1, 0.15) is 18.3 Å². The third kappa shape index (κ3) is 24.3. The summed E-state index contributed by atoms with van der Waals surface area (Å²) in [6.07, 6.45) is 15.8. The Morgan fingerprint density at radius 3 is 1.65 bits per heavy atom. The first-order valence-electron chi connectivity index (χ1n) is 19.8. The van der Waals surface area contributed by atoms with Crippen LogP contribution in [-0.2, 0) is 19.2 Å². The summed E-state index contributed by atoms with van der Waals surface area (Å²) in [6, 6.07) is -4.44. The van der Waals surface area contributed by atoms with Crippen LogP contribution in [0.5, 0.6) is 0 Å². The maximum Gasteiger partial charge on any atom is 0.245 e. The zero-order valence-corrected chi connectivity index (χ0v) is 32.6. The second kappa shape index (κ2) is 31.5. The van der Waals surface area contributed by atoms with Gasteiger partial charge in [0.05, 0.1) is 24.8 Å². The van der Waals surface area contributed by atoms with E-state index in [1.807, 2.05) is 6.92 Å². The molecule has 0 bridgehead atoms. The lowest BCUT2D eigenvalue weighted by Crippen LogP contribution is -2.62. The molecular weight excluding hydrogens is 668 g/mol. The van der Waals surface area contributed by atoms with Crippen LogP contribution in [0.1, 0.15) is 149 Å². The Morgan fingerprint density at radius 1 is 0.635 bits per heavy atom. The minimum absolute atomic E-state index is 0.0711. The smallest absolute Gasteiger partial charge is 0.245 e. The van der Waals surface area contributed by atoms with E-state index in [-0.39, 0.29) is 30.6 Å². The van der Waals surface area contributed by atoms with Crippen molar-refractivity contribution in [1.82, 2.24) is 26.6 Å². The minimum Gasteiger partial charge on any atom is -0.394 e. The van der Waals surface area contributed by atoms with Crippen LogP contribution in [-0.4, -0.2) is 102 Å². The number of nitrogens with zero attached hydrogens (tertiary/aromatic N) is 1. The molecule has 0 aromatic heterocycles. The van der Waals surface area contributed by atoms with Crippen LogP contribution in [0.3, 0.4) is 0 Å². The number of carbonyl (C=O) groups excluding carboxylic acids is 4. The molecule has 0 fully saturated rings. The SMILES string of the molecule is CCCCCCCCCCCCCCCC(=O)N[C@@H](CO)C(=O)N[C@@H](CCCCN=C(N)N)C(=O)N[C@@H](C(C)O)C(O)NC(CCCC)C(=O)NC. The highest BCUT2D eigenvalue weighted by atomic mass is 16.3. The van der Waals surface area contributed by atoms with Crippen molar-refractivity contribution in [2.75, 3.05) is 20.2 Å². The third-order valence-electron chi connectivity index (χ3n) is 9.12. The van der Waals surface area contributed by atoms with Crippen LogP contribution in [0.15, 0.2) is 4.99 Å². The molecule has 6 atom stereocenters. The van der Waals surface area contributed by atoms with Gasteiger partial charge in [-0.15, -0.1) is 0 Å². The number of aliphatic hydroxyl groups excluding tert-OH is 3. The lowest BCUT2D eigenvalue weighted by molar-refractivity contribution is -0.134. The van der Waals surface area contributed by atoms with Crippen molar-refractivity contribution in [2.45, 2.75) is 186 Å². The van der Waals surface area contributed by atoms with Crippen molar-refractivity contribution < 1.29 is 34.5 Å². The molecule has 0 saturated heterocycles. The number of hydrogen-bond donors (Lipinski definition) is 10. The number of unbranched alkanes of at least 4 members (excludes halogenated alkanes) is 14. The number of likely N-dealkylation sites (N-methyl/N-ethyl adjacent to an activating group) is 1. The van der Waals surface area contributed by atoms with E-state index >= 15 is 0 Å². The summed E-state index contributed by atoms with van der Waals surface area (Å²) in [7, 11) is 1.48. The quantitative estimate of drug-likeness (QED) is 0.0202. The van der Waals surface area contributed by atoms with E-state index in [9.17, 15) is 34.5 Å². The monoisotopic (exact) mass is 743 g/mol. The summed E-state index contributed by atoms with van der Waals surface area (Å²) in [4.78, 5) is 55.7. The summed E-state index contributed by atoms with van der Waals surface area (Å²) in [5, 5.41) is 44.5. The highest BCUT2D eigenvalue weighted by Gasteiger charge is 2.33. The van der Waals surface area contributed by atoms with Gasteiger partial charge < -0.3 is 48.1 Å². The number of hydrogen-bond acceptors (Lipinski definition) is 9. The Labute approximate surface area is 312 Å². The molecular formula is C37H74N8O7. The van der Waals surface area contributed by atoms with Gasteiger partial charge >= 0.3 is 0 Å². The van der Waals surface area contributed by atoms with E-state index in [0.29, 0.717) is 38.6 Å². The van der Waals surface area contributed by atoms with Crippen molar-refractivity contribution in [1.29, 1.82) is 0 Å². The van der Waals surface area contributed by atoms with Crippen molar-refractivity contribution in [3.05, 3.63) is 0 Å². The number of amides is 4. The van der Waals surface area contributed by atoms with Gasteiger partial charge in [-0.1, -0.05) is 104 Å². The molecule has 3 unspecified atom stereocenters. The highest BCUT2D eigenvalue weighted by molar-refractivity contribution is 5.92. The van der Waals surface area contributed by atoms with E-state index in [4.69, 9.17) is 11.5 Å². The Balaban J connectivity index is 5.17. The zero-order chi connectivity index (χ0) is 39.1. The lowest BCUT2D eigenvalue weighted by Gasteiger charge is -2.31. The van der Waals surface area contributed by atoms with Crippen molar-refractivity contribution in [2.24, 2.45) is 16.5 Å². The average molecular weight is 743 g/mol. The largest absolute Gasteiger partial charge is 0.394 e. The van der Waals surface area contributed by atoms with Crippen LogP contribution in [0.25, 0.3) is 0 Å². The summed E-state index contributed by atoms with van der Waals surface area (Å²) >= 11 is 0. The Morgan fingerprint density at radius 2 is 1.15 bits per heavy atom. The fourth-order valence-corrected chi connectivity index (χ4v) is 5.88. The molecule has 4 amide bonds. The van der Waals surface area contributed by atoms with Gasteiger partial charge in [-0.05, 0) is 39.0 Å². The molecule has 0 spiro atoms. The number of rotatable bonds is 33. The molecule has 12 N–H and O–H groups in total. The predicted molar refractivity (Wildman–Crippen MR) is 206 cm³/mol.